The molecule has 2 N–H and O–H groups in total. The Balaban J connectivity index is 1.46. The molecule has 3 aliphatic rings. The van der Waals surface area contributed by atoms with Crippen LogP contribution in [0.4, 0.5) is 8.78 Å². The summed E-state index contributed by atoms with van der Waals surface area (Å²) in [6.45, 7) is 0.0902. The molecular weight excluding hydrogens is 436 g/mol. The third-order valence-electron chi connectivity index (χ3n) is 6.31. The van der Waals surface area contributed by atoms with E-state index in [-0.39, 0.29) is 47.6 Å². The number of benzene rings is 1. The number of rotatable bonds is 5. The lowest BCUT2D eigenvalue weighted by molar-refractivity contribution is -0.123. The largest absolute Gasteiger partial charge is 0.336 e. The smallest absolute Gasteiger partial charge is 0.248 e. The molecule has 2 saturated carbocycles. The van der Waals surface area contributed by atoms with Gasteiger partial charge in [-0.2, -0.15) is 5.26 Å². The van der Waals surface area contributed by atoms with Gasteiger partial charge >= 0.3 is 0 Å². The predicted molar refractivity (Wildman–Crippen MR) is 106 cm³/mol. The zero-order valence-corrected chi connectivity index (χ0v) is 17.7. The van der Waals surface area contributed by atoms with Crippen LogP contribution in [0.5, 0.6) is 0 Å². The van der Waals surface area contributed by atoms with Gasteiger partial charge in [0.1, 0.15) is 5.54 Å². The number of nitriles is 1. The average molecular weight is 458 g/mol. The van der Waals surface area contributed by atoms with Crippen LogP contribution < -0.4 is 10.6 Å². The molecule has 6 nitrogen and oxygen atoms in total. The highest BCUT2D eigenvalue weighted by molar-refractivity contribution is 7.92. The molecule has 4 rings (SSSR count). The Morgan fingerprint density at radius 3 is 2.60 bits per heavy atom. The molecule has 1 unspecified atom stereocenters. The average Bonchev–Trinajstić information content (AvgIpc) is 3.11. The van der Waals surface area contributed by atoms with Crippen molar-refractivity contribution < 1.29 is 22.0 Å². The second kappa shape index (κ2) is 7.43. The van der Waals surface area contributed by atoms with E-state index in [4.69, 9.17) is 16.9 Å². The van der Waals surface area contributed by atoms with Crippen LogP contribution in [-0.2, 0) is 14.6 Å². The molecule has 1 aliphatic heterocycles. The Kier molecular flexibility index (Phi) is 5.32. The lowest BCUT2D eigenvalue weighted by Crippen LogP contribution is -2.45. The van der Waals surface area contributed by atoms with Gasteiger partial charge < -0.3 is 10.6 Å². The minimum absolute atomic E-state index is 0.0111. The van der Waals surface area contributed by atoms with Crippen LogP contribution in [0.25, 0.3) is 0 Å². The maximum Gasteiger partial charge on any atom is 0.248 e. The van der Waals surface area contributed by atoms with Crippen molar-refractivity contribution in [2.45, 2.75) is 72.1 Å². The van der Waals surface area contributed by atoms with Crippen molar-refractivity contribution >= 4 is 27.3 Å². The minimum atomic E-state index is -3.82. The molecule has 30 heavy (non-hydrogen) atoms. The zero-order chi connectivity index (χ0) is 21.7. The fourth-order valence-electron chi connectivity index (χ4n) is 4.27. The summed E-state index contributed by atoms with van der Waals surface area (Å²) in [5.74, 6) is -3.42. The van der Waals surface area contributed by atoms with E-state index < -0.39 is 32.6 Å². The van der Waals surface area contributed by atoms with Crippen molar-refractivity contribution in [2.75, 3.05) is 6.54 Å². The van der Waals surface area contributed by atoms with E-state index >= 15 is 0 Å². The van der Waals surface area contributed by atoms with Gasteiger partial charge in [0.05, 0.1) is 27.3 Å². The van der Waals surface area contributed by atoms with Crippen LogP contribution in [0.2, 0.25) is 5.02 Å². The normalized spacial score (nSPS) is 29.3. The van der Waals surface area contributed by atoms with Gasteiger partial charge in [0.2, 0.25) is 11.8 Å². The third-order valence-corrected chi connectivity index (χ3v) is 8.94. The number of halogens is 3. The summed E-state index contributed by atoms with van der Waals surface area (Å²) in [6.07, 6.45) is 1.16. The second-order valence-corrected chi connectivity index (χ2v) is 11.1. The highest BCUT2D eigenvalue weighted by atomic mass is 35.5. The van der Waals surface area contributed by atoms with Gasteiger partial charge in [-0.05, 0) is 49.3 Å². The van der Waals surface area contributed by atoms with Crippen LogP contribution in [0.15, 0.2) is 23.1 Å². The highest BCUT2D eigenvalue weighted by Gasteiger charge is 2.47. The maximum atomic E-state index is 13.5. The van der Waals surface area contributed by atoms with Crippen molar-refractivity contribution in [3.63, 3.8) is 0 Å². The van der Waals surface area contributed by atoms with Gasteiger partial charge in [-0.1, -0.05) is 17.7 Å². The first kappa shape index (κ1) is 21.5. The number of hydrogen-bond acceptors (Lipinski definition) is 5. The van der Waals surface area contributed by atoms with Gasteiger partial charge in [0.15, 0.2) is 9.84 Å². The molecule has 1 saturated heterocycles. The first-order valence-corrected chi connectivity index (χ1v) is 11.9. The SMILES string of the molecule is N#CC1(NC(=O)[C@@H]2C[C@@H](S(=O)(=O)c3ccc(C4CCC(F)(F)C4)cc3Cl)CN2)CC1. The molecule has 3 atom stereocenters. The van der Waals surface area contributed by atoms with Crippen LogP contribution in [-0.4, -0.2) is 43.6 Å². The Labute approximate surface area is 178 Å². The van der Waals surface area contributed by atoms with E-state index in [9.17, 15) is 22.0 Å². The number of carbonyl (C=O) groups excluding carboxylic acids is 1. The molecule has 10 heteroatoms. The molecule has 0 aromatic heterocycles. The standard InChI is InChI=1S/C20H22ClF2N3O3S/c21-15-7-12(13-3-4-20(22,23)9-13)1-2-17(15)30(28,29)14-8-16(25-10-14)18(27)26-19(11-24)5-6-19/h1-2,7,13-14,16,25H,3-6,8-10H2,(H,26,27)/t13?,14-,16+/m1/s1. The molecule has 2 aliphatic carbocycles. The number of nitrogens with one attached hydrogen (secondary N) is 2. The molecule has 1 aromatic rings. The third kappa shape index (κ3) is 4.05. The molecule has 162 valence electrons. The first-order chi connectivity index (χ1) is 14.1. The second-order valence-electron chi connectivity index (χ2n) is 8.53. The zero-order valence-electron chi connectivity index (χ0n) is 16.1. The van der Waals surface area contributed by atoms with Crippen molar-refractivity contribution in [2.24, 2.45) is 0 Å². The van der Waals surface area contributed by atoms with E-state index in [2.05, 4.69) is 16.7 Å². The Morgan fingerprint density at radius 2 is 2.03 bits per heavy atom. The summed E-state index contributed by atoms with van der Waals surface area (Å²) >= 11 is 6.25. The fraction of sp³-hybridized carbons (Fsp3) is 0.600. The van der Waals surface area contributed by atoms with Gasteiger partial charge in [-0.25, -0.2) is 17.2 Å². The number of amides is 1. The van der Waals surface area contributed by atoms with Crippen LogP contribution in [0.1, 0.15) is 50.0 Å². The Hall–Kier alpha value is -1.76. The highest BCUT2D eigenvalue weighted by Crippen LogP contribution is 2.45. The van der Waals surface area contributed by atoms with E-state index in [0.29, 0.717) is 24.8 Å². The molecular formula is C20H22ClF2N3O3S. The van der Waals surface area contributed by atoms with E-state index in [1.165, 1.54) is 12.1 Å². The van der Waals surface area contributed by atoms with Gasteiger partial charge in [0, 0.05) is 19.4 Å². The van der Waals surface area contributed by atoms with Crippen molar-refractivity contribution in [3.8, 4) is 6.07 Å². The number of alkyl halides is 2. The Bertz CT molecular complexity index is 1020. The van der Waals surface area contributed by atoms with E-state index in [1.54, 1.807) is 6.07 Å². The van der Waals surface area contributed by atoms with Crippen LogP contribution >= 0.6 is 11.6 Å². The lowest BCUT2D eigenvalue weighted by atomic mass is 9.98. The number of hydrogen-bond donors (Lipinski definition) is 2. The van der Waals surface area contributed by atoms with Gasteiger partial charge in [-0.15, -0.1) is 0 Å². The molecule has 0 radical (unpaired) electrons. The summed E-state index contributed by atoms with van der Waals surface area (Å²) in [5.41, 5.74) is -0.199. The molecule has 3 fully saturated rings. The first-order valence-electron chi connectivity index (χ1n) is 9.93. The predicted octanol–water partition coefficient (Wildman–Crippen LogP) is 2.92. The lowest BCUT2D eigenvalue weighted by Gasteiger charge is -2.16. The number of nitrogens with zero attached hydrogens (tertiary/aromatic N) is 1. The summed E-state index contributed by atoms with van der Waals surface area (Å²) in [5, 5.41) is 13.9. The summed E-state index contributed by atoms with van der Waals surface area (Å²) in [4.78, 5) is 12.3. The van der Waals surface area contributed by atoms with Gasteiger partial charge in [0.25, 0.3) is 0 Å². The molecule has 1 aromatic carbocycles. The molecule has 0 bridgehead atoms. The monoisotopic (exact) mass is 457 g/mol. The van der Waals surface area contributed by atoms with Crippen molar-refractivity contribution in [1.82, 2.24) is 10.6 Å². The molecule has 1 heterocycles. The summed E-state index contributed by atoms with van der Waals surface area (Å²) < 4.78 is 53.2. The minimum Gasteiger partial charge on any atom is -0.336 e. The summed E-state index contributed by atoms with van der Waals surface area (Å²) in [7, 11) is -3.82. The topological polar surface area (TPSA) is 99.1 Å². The molecule has 0 spiro atoms. The van der Waals surface area contributed by atoms with Crippen LogP contribution in [0, 0.1) is 11.3 Å². The van der Waals surface area contributed by atoms with Crippen molar-refractivity contribution in [1.29, 1.82) is 5.26 Å². The fourth-order valence-corrected chi connectivity index (χ4v) is 6.49. The van der Waals surface area contributed by atoms with E-state index in [0.717, 1.165) is 0 Å². The number of carbonyl (C=O) groups is 1. The Morgan fingerprint density at radius 1 is 1.30 bits per heavy atom. The van der Waals surface area contributed by atoms with E-state index in [1.807, 2.05) is 0 Å². The maximum absolute atomic E-state index is 13.5. The quantitative estimate of drug-likeness (QED) is 0.708. The van der Waals surface area contributed by atoms with Gasteiger partial charge in [-0.3, -0.25) is 4.79 Å². The van der Waals surface area contributed by atoms with Crippen molar-refractivity contribution in [3.05, 3.63) is 28.8 Å². The summed E-state index contributed by atoms with van der Waals surface area (Å²) in [6, 6.07) is 5.78. The molecule has 1 amide bonds. The number of sulfone groups is 1. The van der Waals surface area contributed by atoms with Crippen LogP contribution in [0.3, 0.4) is 0 Å².